The predicted octanol–water partition coefficient (Wildman–Crippen LogP) is 0.918. The minimum Gasteiger partial charge on any atom is -0.466 e. The summed E-state index contributed by atoms with van der Waals surface area (Å²) in [6, 6.07) is 0. The molecule has 0 N–H and O–H groups in total. The van der Waals surface area contributed by atoms with Gasteiger partial charge in [-0.1, -0.05) is 0 Å². The molecule has 1 aromatic heterocycles. The summed E-state index contributed by atoms with van der Waals surface area (Å²) in [5.74, 6) is -0.629. The molecule has 0 fully saturated rings. The van der Waals surface area contributed by atoms with Crippen LogP contribution in [-0.2, 0) is 20.9 Å². The number of hydrogen-bond acceptors (Lipinski definition) is 5. The van der Waals surface area contributed by atoms with E-state index in [1.54, 1.807) is 6.92 Å². The number of esters is 1. The molecule has 0 spiro atoms. The molecule has 1 rings (SSSR count). The molecule has 0 aromatic carbocycles. The number of Topliss-reactive ketones (excluding diaryl/α,β-unsaturated/α-hetero) is 1. The van der Waals surface area contributed by atoms with E-state index in [4.69, 9.17) is 4.74 Å². The van der Waals surface area contributed by atoms with Crippen molar-refractivity contribution in [3.8, 4) is 0 Å². The molecular weight excluding hydrogens is 304 g/mol. The van der Waals surface area contributed by atoms with Gasteiger partial charge in [0.15, 0.2) is 5.78 Å². The molecule has 0 atom stereocenters. The maximum atomic E-state index is 11.6. The molecule has 0 saturated carbocycles. The summed E-state index contributed by atoms with van der Waals surface area (Å²) >= 11 is 3.04. The van der Waals surface area contributed by atoms with Crippen molar-refractivity contribution in [2.45, 2.75) is 26.3 Å². The van der Waals surface area contributed by atoms with Gasteiger partial charge in [-0.2, -0.15) is 0 Å². The summed E-state index contributed by atoms with van der Waals surface area (Å²) in [4.78, 5) is 38.0. The fraction of sp³-hybridized carbons (Fsp3) is 0.455. The third-order valence-corrected chi connectivity index (χ3v) is 2.66. The Hall–Kier alpha value is -1.50. The first-order valence-corrected chi connectivity index (χ1v) is 6.21. The first kappa shape index (κ1) is 14.6. The number of nitrogens with zero attached hydrogens (tertiary/aromatic N) is 2. The fourth-order valence-corrected chi connectivity index (χ4v) is 1.63. The first-order valence-electron chi connectivity index (χ1n) is 5.42. The van der Waals surface area contributed by atoms with Crippen LogP contribution in [0.3, 0.4) is 0 Å². The van der Waals surface area contributed by atoms with Crippen LogP contribution in [-0.4, -0.2) is 27.9 Å². The summed E-state index contributed by atoms with van der Waals surface area (Å²) in [5.41, 5.74) is -0.325. The summed E-state index contributed by atoms with van der Waals surface area (Å²) in [6.45, 7) is 1.90. The smallest absolute Gasteiger partial charge is 0.306 e. The van der Waals surface area contributed by atoms with Crippen molar-refractivity contribution in [1.82, 2.24) is 9.55 Å². The van der Waals surface area contributed by atoms with E-state index in [0.717, 1.165) is 0 Å². The summed E-state index contributed by atoms with van der Waals surface area (Å²) < 4.78 is 6.19. The van der Waals surface area contributed by atoms with Gasteiger partial charge in [0.25, 0.3) is 5.56 Å². The van der Waals surface area contributed by atoms with Gasteiger partial charge in [0.1, 0.15) is 4.47 Å². The lowest BCUT2D eigenvalue weighted by molar-refractivity contribution is -0.144. The summed E-state index contributed by atoms with van der Waals surface area (Å²) in [5, 5.41) is 0. The van der Waals surface area contributed by atoms with E-state index in [9.17, 15) is 14.4 Å². The van der Waals surface area contributed by atoms with Crippen molar-refractivity contribution >= 4 is 27.7 Å². The van der Waals surface area contributed by atoms with Gasteiger partial charge in [0.05, 0.1) is 25.9 Å². The lowest BCUT2D eigenvalue weighted by Gasteiger charge is -2.04. The first-order chi connectivity index (χ1) is 8.54. The molecule has 0 saturated heterocycles. The van der Waals surface area contributed by atoms with E-state index in [0.29, 0.717) is 11.1 Å². The van der Waals surface area contributed by atoms with Crippen LogP contribution in [0, 0.1) is 0 Å². The van der Waals surface area contributed by atoms with Crippen molar-refractivity contribution in [3.05, 3.63) is 27.4 Å². The highest BCUT2D eigenvalue weighted by atomic mass is 79.9. The second-order valence-corrected chi connectivity index (χ2v) is 4.37. The van der Waals surface area contributed by atoms with E-state index in [1.807, 2.05) is 0 Å². The number of aromatic nitrogens is 2. The van der Waals surface area contributed by atoms with Crippen molar-refractivity contribution in [3.63, 3.8) is 0 Å². The number of ketones is 1. The molecule has 18 heavy (non-hydrogen) atoms. The number of hydrogen-bond donors (Lipinski definition) is 0. The van der Waals surface area contributed by atoms with Crippen LogP contribution in [0.5, 0.6) is 0 Å². The number of ether oxygens (including phenoxy) is 1. The molecule has 1 aromatic rings. The Labute approximate surface area is 112 Å². The van der Waals surface area contributed by atoms with Crippen LogP contribution < -0.4 is 5.56 Å². The molecule has 0 bridgehead atoms. The van der Waals surface area contributed by atoms with Gasteiger partial charge >= 0.3 is 5.97 Å². The van der Waals surface area contributed by atoms with Crippen LogP contribution in [0.1, 0.15) is 19.8 Å². The zero-order valence-corrected chi connectivity index (χ0v) is 11.5. The van der Waals surface area contributed by atoms with Gasteiger partial charge < -0.3 is 4.74 Å². The molecule has 0 aliphatic rings. The van der Waals surface area contributed by atoms with E-state index < -0.39 is 5.97 Å². The molecule has 0 amide bonds. The van der Waals surface area contributed by atoms with Gasteiger partial charge in [-0.05, 0) is 22.9 Å². The van der Waals surface area contributed by atoms with E-state index in [1.165, 1.54) is 17.1 Å². The van der Waals surface area contributed by atoms with Crippen LogP contribution >= 0.6 is 15.9 Å². The normalized spacial score (nSPS) is 10.1. The quantitative estimate of drug-likeness (QED) is 0.729. The molecule has 7 heteroatoms. The maximum absolute atomic E-state index is 11.6. The Bertz CT molecular complexity index is 498. The zero-order valence-electron chi connectivity index (χ0n) is 9.89. The highest BCUT2D eigenvalue weighted by molar-refractivity contribution is 9.10. The molecule has 0 unspecified atom stereocenters. The van der Waals surface area contributed by atoms with Gasteiger partial charge in [0, 0.05) is 12.6 Å². The molecule has 6 nitrogen and oxygen atoms in total. The second kappa shape index (κ2) is 7.05. The average molecular weight is 317 g/mol. The lowest BCUT2D eigenvalue weighted by Crippen LogP contribution is -2.25. The molecule has 0 aliphatic heterocycles. The third-order valence-electron chi connectivity index (χ3n) is 2.12. The molecule has 0 radical (unpaired) electrons. The zero-order chi connectivity index (χ0) is 13.5. The van der Waals surface area contributed by atoms with Gasteiger partial charge in [-0.15, -0.1) is 0 Å². The minimum atomic E-state index is -0.412. The number of carbonyl (C=O) groups is 2. The highest BCUT2D eigenvalue weighted by Gasteiger charge is 2.10. The Kier molecular flexibility index (Phi) is 5.70. The average Bonchev–Trinajstić information content (AvgIpc) is 2.33. The van der Waals surface area contributed by atoms with Crippen molar-refractivity contribution in [2.24, 2.45) is 0 Å². The van der Waals surface area contributed by atoms with E-state index in [-0.39, 0.29) is 30.7 Å². The van der Waals surface area contributed by atoms with E-state index in [2.05, 4.69) is 20.9 Å². The van der Waals surface area contributed by atoms with Crippen molar-refractivity contribution in [1.29, 1.82) is 0 Å². The molecule has 1 heterocycles. The number of carbonyl (C=O) groups excluding carboxylic acids is 2. The van der Waals surface area contributed by atoms with Crippen molar-refractivity contribution in [2.75, 3.05) is 6.61 Å². The SMILES string of the molecule is CCOC(=O)CCC(=O)Cn1cncc(Br)c1=O. The van der Waals surface area contributed by atoms with Gasteiger partial charge in [0.2, 0.25) is 0 Å². The summed E-state index contributed by atoms with van der Waals surface area (Å²) in [7, 11) is 0. The fourth-order valence-electron chi connectivity index (χ4n) is 1.28. The van der Waals surface area contributed by atoms with Crippen LogP contribution in [0.25, 0.3) is 0 Å². The topological polar surface area (TPSA) is 78.3 Å². The van der Waals surface area contributed by atoms with Crippen molar-refractivity contribution < 1.29 is 14.3 Å². The minimum absolute atomic E-state index is 0.0306. The second-order valence-electron chi connectivity index (χ2n) is 3.52. The van der Waals surface area contributed by atoms with Gasteiger partial charge in [-0.25, -0.2) is 4.98 Å². The van der Waals surface area contributed by atoms with Crippen LogP contribution in [0.4, 0.5) is 0 Å². The van der Waals surface area contributed by atoms with Crippen LogP contribution in [0.2, 0.25) is 0 Å². The number of rotatable bonds is 6. The molecule has 98 valence electrons. The summed E-state index contributed by atoms with van der Waals surface area (Å²) in [6.07, 6.45) is 2.73. The van der Waals surface area contributed by atoms with E-state index >= 15 is 0 Å². The molecular formula is C11H13BrN2O4. The van der Waals surface area contributed by atoms with Gasteiger partial charge in [-0.3, -0.25) is 19.0 Å². The Morgan fingerprint density at radius 2 is 2.17 bits per heavy atom. The Morgan fingerprint density at radius 3 is 2.83 bits per heavy atom. The number of halogens is 1. The Morgan fingerprint density at radius 1 is 1.44 bits per heavy atom. The largest absolute Gasteiger partial charge is 0.466 e. The third kappa shape index (κ3) is 4.40. The van der Waals surface area contributed by atoms with Crippen LogP contribution in [0.15, 0.2) is 21.8 Å². The highest BCUT2D eigenvalue weighted by Crippen LogP contribution is 2.00. The Balaban J connectivity index is 2.53. The maximum Gasteiger partial charge on any atom is 0.306 e. The monoisotopic (exact) mass is 316 g/mol. The lowest BCUT2D eigenvalue weighted by atomic mass is 10.2. The standard InChI is InChI=1S/C11H13BrN2O4/c1-2-18-10(16)4-3-8(15)6-14-7-13-5-9(12)11(14)17/h5,7H,2-4,6H2,1H3. The molecule has 0 aliphatic carbocycles. The predicted molar refractivity (Wildman–Crippen MR) is 67.1 cm³/mol.